The molecule has 1 saturated heterocycles. The third-order valence-corrected chi connectivity index (χ3v) is 2.65. The van der Waals surface area contributed by atoms with Crippen LogP contribution in [-0.4, -0.2) is 23.5 Å². The second-order valence-corrected chi connectivity index (χ2v) is 4.36. The highest BCUT2D eigenvalue weighted by Gasteiger charge is 2.24. The number of anilines is 1. The SMILES string of the molecule is O=C1CCN(c2cncc(I)c2)C(=O)N1. The van der Waals surface area contributed by atoms with Crippen molar-refractivity contribution in [2.24, 2.45) is 0 Å². The first-order chi connectivity index (χ1) is 7.16. The summed E-state index contributed by atoms with van der Waals surface area (Å²) in [6.45, 7) is 0.409. The zero-order chi connectivity index (χ0) is 10.8. The van der Waals surface area contributed by atoms with Crippen LogP contribution >= 0.6 is 22.6 Å². The standard InChI is InChI=1S/C9H8IN3O2/c10-6-3-7(5-11-4-6)13-2-1-8(14)12-9(13)15/h3-5H,1-2H2,(H,12,14,15). The average Bonchev–Trinajstić information content (AvgIpc) is 2.17. The molecule has 78 valence electrons. The first-order valence-electron chi connectivity index (χ1n) is 4.39. The number of carbonyl (C=O) groups is 2. The summed E-state index contributed by atoms with van der Waals surface area (Å²) in [7, 11) is 0. The monoisotopic (exact) mass is 317 g/mol. The van der Waals surface area contributed by atoms with E-state index >= 15 is 0 Å². The van der Waals surface area contributed by atoms with Gasteiger partial charge in [-0.2, -0.15) is 0 Å². The van der Waals surface area contributed by atoms with Crippen molar-refractivity contribution in [1.82, 2.24) is 10.3 Å². The quantitative estimate of drug-likeness (QED) is 0.790. The molecule has 0 aromatic carbocycles. The lowest BCUT2D eigenvalue weighted by molar-refractivity contribution is -0.120. The molecule has 5 nitrogen and oxygen atoms in total. The van der Waals surface area contributed by atoms with Gasteiger partial charge in [0.25, 0.3) is 0 Å². The lowest BCUT2D eigenvalue weighted by Crippen LogP contribution is -2.49. The topological polar surface area (TPSA) is 62.3 Å². The van der Waals surface area contributed by atoms with Crippen LogP contribution in [0, 0.1) is 3.57 Å². The fourth-order valence-electron chi connectivity index (χ4n) is 1.36. The van der Waals surface area contributed by atoms with Gasteiger partial charge in [-0.25, -0.2) is 4.79 Å². The van der Waals surface area contributed by atoms with E-state index in [4.69, 9.17) is 0 Å². The van der Waals surface area contributed by atoms with Crippen molar-refractivity contribution in [2.45, 2.75) is 6.42 Å². The van der Waals surface area contributed by atoms with Gasteiger partial charge in [0.1, 0.15) is 0 Å². The predicted molar refractivity (Wildman–Crippen MR) is 62.5 cm³/mol. The number of nitrogens with one attached hydrogen (secondary N) is 1. The fourth-order valence-corrected chi connectivity index (χ4v) is 1.84. The number of carbonyl (C=O) groups excluding carboxylic acids is 2. The number of halogens is 1. The summed E-state index contributed by atoms with van der Waals surface area (Å²) in [5, 5.41) is 2.27. The molecule has 0 bridgehead atoms. The lowest BCUT2D eigenvalue weighted by Gasteiger charge is -2.26. The van der Waals surface area contributed by atoms with Gasteiger partial charge < -0.3 is 0 Å². The summed E-state index contributed by atoms with van der Waals surface area (Å²) in [6, 6.07) is 1.47. The second kappa shape index (κ2) is 4.13. The van der Waals surface area contributed by atoms with Crippen molar-refractivity contribution in [3.8, 4) is 0 Å². The van der Waals surface area contributed by atoms with Crippen molar-refractivity contribution < 1.29 is 9.59 Å². The minimum absolute atomic E-state index is 0.227. The molecule has 1 aromatic heterocycles. The lowest BCUT2D eigenvalue weighted by atomic mass is 10.3. The van der Waals surface area contributed by atoms with E-state index in [-0.39, 0.29) is 11.9 Å². The number of hydrogen-bond acceptors (Lipinski definition) is 3. The summed E-state index contributed by atoms with van der Waals surface area (Å²) in [5.41, 5.74) is 0.715. The Morgan fingerprint density at radius 2 is 2.20 bits per heavy atom. The smallest absolute Gasteiger partial charge is 0.292 e. The maximum Gasteiger partial charge on any atom is 0.328 e. The molecule has 3 amide bonds. The van der Waals surface area contributed by atoms with Gasteiger partial charge >= 0.3 is 6.03 Å². The highest BCUT2D eigenvalue weighted by molar-refractivity contribution is 14.1. The van der Waals surface area contributed by atoms with Crippen molar-refractivity contribution >= 4 is 40.2 Å². The van der Waals surface area contributed by atoms with E-state index in [9.17, 15) is 9.59 Å². The molecule has 0 aliphatic carbocycles. The fraction of sp³-hybridized carbons (Fsp3) is 0.222. The van der Waals surface area contributed by atoms with Crippen LogP contribution < -0.4 is 10.2 Å². The Labute approximate surface area is 100.0 Å². The maximum absolute atomic E-state index is 11.5. The zero-order valence-corrected chi connectivity index (χ0v) is 9.89. The molecular formula is C9H8IN3O2. The Kier molecular flexibility index (Phi) is 2.85. The maximum atomic E-state index is 11.5. The van der Waals surface area contributed by atoms with Gasteiger partial charge in [0, 0.05) is 22.7 Å². The molecule has 0 unspecified atom stereocenters. The van der Waals surface area contributed by atoms with Crippen molar-refractivity contribution in [2.75, 3.05) is 11.4 Å². The van der Waals surface area contributed by atoms with E-state index in [1.807, 2.05) is 6.07 Å². The van der Waals surface area contributed by atoms with Gasteiger partial charge in [-0.15, -0.1) is 0 Å². The second-order valence-electron chi connectivity index (χ2n) is 3.12. The molecule has 1 fully saturated rings. The number of imide groups is 1. The van der Waals surface area contributed by atoms with E-state index < -0.39 is 0 Å². The van der Waals surface area contributed by atoms with Crippen LogP contribution in [0.2, 0.25) is 0 Å². The van der Waals surface area contributed by atoms with Crippen LogP contribution in [0.15, 0.2) is 18.5 Å². The molecule has 1 aliphatic rings. The van der Waals surface area contributed by atoms with Crippen LogP contribution in [0.3, 0.4) is 0 Å². The highest BCUT2D eigenvalue weighted by atomic mass is 127. The third-order valence-electron chi connectivity index (χ3n) is 2.06. The summed E-state index contributed by atoms with van der Waals surface area (Å²) >= 11 is 2.12. The van der Waals surface area contributed by atoms with Gasteiger partial charge in [0.05, 0.1) is 11.9 Å². The first kappa shape index (κ1) is 10.3. The van der Waals surface area contributed by atoms with Crippen LogP contribution in [0.25, 0.3) is 0 Å². The summed E-state index contributed by atoms with van der Waals surface area (Å²) < 4.78 is 0.954. The number of urea groups is 1. The molecule has 1 aromatic rings. The van der Waals surface area contributed by atoms with E-state index in [2.05, 4.69) is 32.9 Å². The Hall–Kier alpha value is -1.18. The highest BCUT2D eigenvalue weighted by Crippen LogP contribution is 2.17. The van der Waals surface area contributed by atoms with E-state index in [1.54, 1.807) is 12.4 Å². The van der Waals surface area contributed by atoms with Crippen LogP contribution in [0.5, 0.6) is 0 Å². The third kappa shape index (κ3) is 2.25. The largest absolute Gasteiger partial charge is 0.328 e. The summed E-state index contributed by atoms with van der Waals surface area (Å²) in [6.07, 6.45) is 3.64. The minimum Gasteiger partial charge on any atom is -0.292 e. The number of pyridine rings is 1. The Morgan fingerprint density at radius 3 is 2.87 bits per heavy atom. The van der Waals surface area contributed by atoms with E-state index in [0.29, 0.717) is 18.7 Å². The molecule has 0 atom stereocenters. The normalized spacial score (nSPS) is 16.5. The Morgan fingerprint density at radius 1 is 1.40 bits per heavy atom. The Bertz CT molecular complexity index is 422. The summed E-state index contributed by atoms with van der Waals surface area (Å²) in [5.74, 6) is -0.227. The molecule has 2 heterocycles. The number of nitrogens with zero attached hydrogens (tertiary/aromatic N) is 2. The van der Waals surface area contributed by atoms with Crippen molar-refractivity contribution in [3.63, 3.8) is 0 Å². The average molecular weight is 317 g/mol. The zero-order valence-electron chi connectivity index (χ0n) is 7.74. The van der Waals surface area contributed by atoms with Crippen molar-refractivity contribution in [3.05, 3.63) is 22.0 Å². The van der Waals surface area contributed by atoms with Gasteiger partial charge in [-0.05, 0) is 28.7 Å². The van der Waals surface area contributed by atoms with Gasteiger partial charge in [0.2, 0.25) is 5.91 Å². The first-order valence-corrected chi connectivity index (χ1v) is 5.46. The van der Waals surface area contributed by atoms with E-state index in [0.717, 1.165) is 3.57 Å². The molecule has 2 rings (SSSR count). The number of hydrogen-bond donors (Lipinski definition) is 1. The summed E-state index contributed by atoms with van der Waals surface area (Å²) in [4.78, 5) is 27.9. The molecule has 0 spiro atoms. The van der Waals surface area contributed by atoms with Gasteiger partial charge in [-0.3, -0.25) is 20.0 Å². The molecule has 0 radical (unpaired) electrons. The van der Waals surface area contributed by atoms with Crippen LogP contribution in [0.4, 0.5) is 10.5 Å². The molecule has 15 heavy (non-hydrogen) atoms. The predicted octanol–water partition coefficient (Wildman–Crippen LogP) is 1.13. The number of rotatable bonds is 1. The molecule has 0 saturated carbocycles. The number of amides is 3. The van der Waals surface area contributed by atoms with Crippen molar-refractivity contribution in [1.29, 1.82) is 0 Å². The van der Waals surface area contributed by atoms with Gasteiger partial charge in [-0.1, -0.05) is 0 Å². The van der Waals surface area contributed by atoms with Gasteiger partial charge in [0.15, 0.2) is 0 Å². The van der Waals surface area contributed by atoms with Crippen LogP contribution in [0.1, 0.15) is 6.42 Å². The van der Waals surface area contributed by atoms with Crippen LogP contribution in [-0.2, 0) is 4.79 Å². The minimum atomic E-state index is -0.380. The molecular weight excluding hydrogens is 309 g/mol. The molecule has 1 N–H and O–H groups in total. The van der Waals surface area contributed by atoms with E-state index in [1.165, 1.54) is 4.90 Å². The number of aromatic nitrogens is 1. The Balaban J connectivity index is 2.24. The molecule has 6 heteroatoms. The molecule has 1 aliphatic heterocycles.